The van der Waals surface area contributed by atoms with Crippen LogP contribution in [0.15, 0.2) is 24.3 Å². The molecule has 2 atom stereocenters. The second kappa shape index (κ2) is 7.58. The average molecular weight is 372 g/mol. The summed E-state index contributed by atoms with van der Waals surface area (Å²) in [5, 5.41) is 3.02. The summed E-state index contributed by atoms with van der Waals surface area (Å²) in [5.74, 6) is 0.429. The highest BCUT2D eigenvalue weighted by molar-refractivity contribution is 5.80. The van der Waals surface area contributed by atoms with Gasteiger partial charge < -0.3 is 19.9 Å². The van der Waals surface area contributed by atoms with Crippen LogP contribution in [0.5, 0.6) is 0 Å². The maximum absolute atomic E-state index is 12.7. The predicted molar refractivity (Wildman–Crippen MR) is 103 cm³/mol. The lowest BCUT2D eigenvalue weighted by atomic mass is 9.97. The SMILES string of the molecule is C[C@H](NC(=O)C1CCCN(C(=O)OC(C)(C)C)C1)c1nc2ccccc2[nH]1. The van der Waals surface area contributed by atoms with Crippen LogP contribution >= 0.6 is 0 Å². The van der Waals surface area contributed by atoms with Gasteiger partial charge in [-0.25, -0.2) is 9.78 Å². The molecular formula is C20H28N4O3. The van der Waals surface area contributed by atoms with Crippen LogP contribution in [0.2, 0.25) is 0 Å². The van der Waals surface area contributed by atoms with Gasteiger partial charge in [-0.2, -0.15) is 0 Å². The Hall–Kier alpha value is -2.57. The van der Waals surface area contributed by atoms with Crippen molar-refractivity contribution in [3.8, 4) is 0 Å². The number of piperidine rings is 1. The summed E-state index contributed by atoms with van der Waals surface area (Å²) in [7, 11) is 0. The summed E-state index contributed by atoms with van der Waals surface area (Å²) < 4.78 is 5.43. The maximum Gasteiger partial charge on any atom is 0.410 e. The van der Waals surface area contributed by atoms with E-state index in [9.17, 15) is 9.59 Å². The van der Waals surface area contributed by atoms with E-state index in [0.29, 0.717) is 13.1 Å². The second-order valence-electron chi connectivity index (χ2n) is 8.13. The molecule has 0 saturated carbocycles. The molecule has 1 aliphatic rings. The Labute approximate surface area is 159 Å². The molecule has 7 heteroatoms. The van der Waals surface area contributed by atoms with Crippen molar-refractivity contribution in [3.63, 3.8) is 0 Å². The van der Waals surface area contributed by atoms with Crippen molar-refractivity contribution < 1.29 is 14.3 Å². The number of nitrogens with one attached hydrogen (secondary N) is 2. The highest BCUT2D eigenvalue weighted by atomic mass is 16.6. The number of aromatic amines is 1. The van der Waals surface area contributed by atoms with Gasteiger partial charge in [0.05, 0.1) is 23.0 Å². The van der Waals surface area contributed by atoms with Gasteiger partial charge >= 0.3 is 6.09 Å². The predicted octanol–water partition coefficient (Wildman–Crippen LogP) is 3.39. The number of benzene rings is 1. The van der Waals surface area contributed by atoms with Gasteiger partial charge in [0.25, 0.3) is 0 Å². The lowest BCUT2D eigenvalue weighted by molar-refractivity contribution is -0.127. The Morgan fingerprint density at radius 2 is 2.07 bits per heavy atom. The first kappa shape index (κ1) is 19.2. The molecule has 1 aliphatic heterocycles. The molecule has 0 aliphatic carbocycles. The zero-order chi connectivity index (χ0) is 19.6. The molecule has 146 valence electrons. The van der Waals surface area contributed by atoms with Crippen LogP contribution < -0.4 is 5.32 Å². The molecular weight excluding hydrogens is 344 g/mol. The number of nitrogens with zero attached hydrogens (tertiary/aromatic N) is 2. The van der Waals surface area contributed by atoms with E-state index >= 15 is 0 Å². The van der Waals surface area contributed by atoms with E-state index < -0.39 is 5.60 Å². The fraction of sp³-hybridized carbons (Fsp3) is 0.550. The van der Waals surface area contributed by atoms with Crippen LogP contribution in [0.3, 0.4) is 0 Å². The summed E-state index contributed by atoms with van der Waals surface area (Å²) in [5.41, 5.74) is 1.28. The molecule has 0 radical (unpaired) electrons. The van der Waals surface area contributed by atoms with Crippen LogP contribution in [0.25, 0.3) is 11.0 Å². The third-order valence-electron chi connectivity index (χ3n) is 4.62. The van der Waals surface area contributed by atoms with Crippen molar-refractivity contribution in [2.75, 3.05) is 13.1 Å². The van der Waals surface area contributed by atoms with Crippen molar-refractivity contribution in [1.29, 1.82) is 0 Å². The smallest absolute Gasteiger partial charge is 0.410 e. The van der Waals surface area contributed by atoms with E-state index in [-0.39, 0.29) is 24.0 Å². The molecule has 0 spiro atoms. The molecule has 7 nitrogen and oxygen atoms in total. The number of likely N-dealkylation sites (tertiary alicyclic amines) is 1. The topological polar surface area (TPSA) is 87.3 Å². The minimum Gasteiger partial charge on any atom is -0.444 e. The molecule has 2 amide bonds. The number of H-pyrrole nitrogens is 1. The number of aromatic nitrogens is 2. The van der Waals surface area contributed by atoms with Crippen LogP contribution in [-0.2, 0) is 9.53 Å². The van der Waals surface area contributed by atoms with Gasteiger partial charge in [-0.05, 0) is 52.7 Å². The molecule has 1 unspecified atom stereocenters. The lowest BCUT2D eigenvalue weighted by Gasteiger charge is -2.33. The van der Waals surface area contributed by atoms with Crippen molar-refractivity contribution in [3.05, 3.63) is 30.1 Å². The van der Waals surface area contributed by atoms with E-state index in [0.717, 1.165) is 29.7 Å². The number of hydrogen-bond acceptors (Lipinski definition) is 4. The quantitative estimate of drug-likeness (QED) is 0.864. The zero-order valence-corrected chi connectivity index (χ0v) is 16.4. The van der Waals surface area contributed by atoms with Gasteiger partial charge in [-0.15, -0.1) is 0 Å². The van der Waals surface area contributed by atoms with Gasteiger partial charge in [0.15, 0.2) is 0 Å². The average Bonchev–Trinajstić information content (AvgIpc) is 3.04. The molecule has 3 rings (SSSR count). The summed E-state index contributed by atoms with van der Waals surface area (Å²) >= 11 is 0. The molecule has 0 bridgehead atoms. The number of ether oxygens (including phenoxy) is 1. The van der Waals surface area contributed by atoms with Crippen molar-refractivity contribution in [1.82, 2.24) is 20.2 Å². The van der Waals surface area contributed by atoms with Crippen LogP contribution in [-0.4, -0.2) is 45.6 Å². The van der Waals surface area contributed by atoms with E-state index in [1.807, 2.05) is 52.0 Å². The highest BCUT2D eigenvalue weighted by Crippen LogP contribution is 2.21. The first-order valence-electron chi connectivity index (χ1n) is 9.46. The molecule has 2 heterocycles. The number of hydrogen-bond donors (Lipinski definition) is 2. The highest BCUT2D eigenvalue weighted by Gasteiger charge is 2.31. The summed E-state index contributed by atoms with van der Waals surface area (Å²) in [6.07, 6.45) is 1.19. The minimum atomic E-state index is -0.540. The van der Waals surface area contributed by atoms with Crippen LogP contribution in [0, 0.1) is 5.92 Å². The first-order chi connectivity index (χ1) is 12.7. The molecule has 1 fully saturated rings. The number of fused-ring (bicyclic) bond motifs is 1. The van der Waals surface area contributed by atoms with Gasteiger partial charge in [0.1, 0.15) is 11.4 Å². The Kier molecular flexibility index (Phi) is 5.39. The van der Waals surface area contributed by atoms with Crippen molar-refractivity contribution in [2.24, 2.45) is 5.92 Å². The van der Waals surface area contributed by atoms with Gasteiger partial charge in [0.2, 0.25) is 5.91 Å². The minimum absolute atomic E-state index is 0.0591. The monoisotopic (exact) mass is 372 g/mol. The fourth-order valence-corrected chi connectivity index (χ4v) is 3.26. The molecule has 1 aromatic carbocycles. The molecule has 1 aromatic heterocycles. The number of imidazole rings is 1. The number of rotatable bonds is 3. The Bertz CT molecular complexity index is 791. The number of amides is 2. The van der Waals surface area contributed by atoms with Gasteiger partial charge in [-0.1, -0.05) is 12.1 Å². The normalized spacial score (nSPS) is 19.0. The zero-order valence-electron chi connectivity index (χ0n) is 16.4. The third-order valence-corrected chi connectivity index (χ3v) is 4.62. The van der Waals surface area contributed by atoms with Gasteiger partial charge in [0, 0.05) is 13.1 Å². The number of carbonyl (C=O) groups excluding carboxylic acids is 2. The Balaban J connectivity index is 1.60. The molecule has 2 N–H and O–H groups in total. The second-order valence-corrected chi connectivity index (χ2v) is 8.13. The van der Waals surface area contributed by atoms with Crippen molar-refractivity contribution >= 4 is 23.0 Å². The third kappa shape index (κ3) is 4.78. The van der Waals surface area contributed by atoms with E-state index in [2.05, 4.69) is 15.3 Å². The van der Waals surface area contributed by atoms with Crippen LogP contribution in [0.4, 0.5) is 4.79 Å². The number of carbonyl (C=O) groups is 2. The van der Waals surface area contributed by atoms with Crippen LogP contribution in [0.1, 0.15) is 52.4 Å². The molecule has 1 saturated heterocycles. The first-order valence-corrected chi connectivity index (χ1v) is 9.46. The number of para-hydroxylation sites is 2. The summed E-state index contributed by atoms with van der Waals surface area (Å²) in [6.45, 7) is 8.44. The Morgan fingerprint density at radius 1 is 1.33 bits per heavy atom. The molecule has 2 aromatic rings. The lowest BCUT2D eigenvalue weighted by Crippen LogP contribution is -2.47. The maximum atomic E-state index is 12.7. The van der Waals surface area contributed by atoms with E-state index in [4.69, 9.17) is 4.74 Å². The van der Waals surface area contributed by atoms with E-state index in [1.54, 1.807) is 4.90 Å². The van der Waals surface area contributed by atoms with Crippen molar-refractivity contribution in [2.45, 2.75) is 52.2 Å². The van der Waals surface area contributed by atoms with E-state index in [1.165, 1.54) is 0 Å². The van der Waals surface area contributed by atoms with Gasteiger partial charge in [-0.3, -0.25) is 4.79 Å². The molecule has 27 heavy (non-hydrogen) atoms. The summed E-state index contributed by atoms with van der Waals surface area (Å²) in [4.78, 5) is 34.4. The Morgan fingerprint density at radius 3 is 2.78 bits per heavy atom. The standard InChI is InChI=1S/C20H28N4O3/c1-13(17-22-15-9-5-6-10-16(15)23-17)21-18(25)14-8-7-11-24(12-14)19(26)27-20(2,3)4/h5-6,9-10,13-14H,7-8,11-12H2,1-4H3,(H,21,25)(H,22,23)/t13-,14?/m0/s1. The fourth-order valence-electron chi connectivity index (χ4n) is 3.26. The summed E-state index contributed by atoms with van der Waals surface area (Å²) in [6, 6.07) is 7.54. The largest absolute Gasteiger partial charge is 0.444 e.